The van der Waals surface area contributed by atoms with E-state index in [1.807, 2.05) is 56.3 Å². The fourth-order valence-electron chi connectivity index (χ4n) is 3.51. The minimum absolute atomic E-state index is 0.0221. The van der Waals surface area contributed by atoms with Crippen LogP contribution in [0.2, 0.25) is 0 Å². The van der Waals surface area contributed by atoms with Crippen molar-refractivity contribution in [2.75, 3.05) is 0 Å². The van der Waals surface area contributed by atoms with Crippen LogP contribution < -0.4 is 5.32 Å². The van der Waals surface area contributed by atoms with E-state index in [1.165, 1.54) is 5.56 Å². The van der Waals surface area contributed by atoms with Gasteiger partial charge in [0.15, 0.2) is 11.9 Å². The first-order valence-electron chi connectivity index (χ1n) is 10.1. The number of carbonyl (C=O) groups excluding carboxylic acids is 2. The molecule has 0 fully saturated rings. The molecule has 1 heterocycles. The number of aryl methyl sites for hydroxylation is 1. The summed E-state index contributed by atoms with van der Waals surface area (Å²) in [6.45, 7) is 3.97. The van der Waals surface area contributed by atoms with Gasteiger partial charge in [-0.15, -0.1) is 0 Å². The average Bonchev–Trinajstić information content (AvgIpc) is 2.77. The zero-order chi connectivity index (χ0) is 19.9. The summed E-state index contributed by atoms with van der Waals surface area (Å²) in [4.78, 5) is 30.3. The highest BCUT2D eigenvalue weighted by Gasteiger charge is 2.28. The van der Waals surface area contributed by atoms with Gasteiger partial charge in [0, 0.05) is 23.5 Å². The molecule has 28 heavy (non-hydrogen) atoms. The molecule has 0 aliphatic carbocycles. The van der Waals surface area contributed by atoms with Gasteiger partial charge < -0.3 is 5.32 Å². The minimum atomic E-state index is -0.847. The van der Waals surface area contributed by atoms with E-state index in [9.17, 15) is 9.59 Å². The number of nitrogens with zero attached hydrogens (tertiary/aromatic N) is 1. The van der Waals surface area contributed by atoms with Crippen LogP contribution in [-0.2, 0) is 16.0 Å². The van der Waals surface area contributed by atoms with Gasteiger partial charge >= 0.3 is 0 Å². The first-order chi connectivity index (χ1) is 13.6. The quantitative estimate of drug-likeness (QED) is 0.845. The smallest absolute Gasteiger partial charge is 0.221 e. The van der Waals surface area contributed by atoms with Crippen molar-refractivity contribution in [1.29, 1.82) is 0 Å². The maximum atomic E-state index is 13.1. The van der Waals surface area contributed by atoms with Crippen LogP contribution in [0.4, 0.5) is 0 Å². The highest BCUT2D eigenvalue weighted by Crippen LogP contribution is 2.23. The second-order valence-electron chi connectivity index (χ2n) is 7.42. The molecule has 0 bridgehead atoms. The summed E-state index contributed by atoms with van der Waals surface area (Å²) in [5.41, 5.74) is 3.93. The summed E-state index contributed by atoms with van der Waals surface area (Å²) in [5, 5.41) is 2.88. The van der Waals surface area contributed by atoms with E-state index in [0.29, 0.717) is 6.42 Å². The highest BCUT2D eigenvalue weighted by molar-refractivity contribution is 6.14. The number of aliphatic imine (C=N–C) groups is 1. The van der Waals surface area contributed by atoms with E-state index in [1.54, 1.807) is 0 Å². The first-order valence-corrected chi connectivity index (χ1v) is 10.1. The normalized spacial score (nSPS) is 21.5. The van der Waals surface area contributed by atoms with Crippen molar-refractivity contribution in [3.63, 3.8) is 0 Å². The molecule has 1 aliphatic heterocycles. The number of rotatable bonds is 5. The van der Waals surface area contributed by atoms with Crippen LogP contribution in [0.25, 0.3) is 0 Å². The van der Waals surface area contributed by atoms with Gasteiger partial charge in [-0.3, -0.25) is 14.6 Å². The van der Waals surface area contributed by atoms with Crippen molar-refractivity contribution < 1.29 is 9.59 Å². The minimum Gasteiger partial charge on any atom is -0.328 e. The summed E-state index contributed by atoms with van der Waals surface area (Å²) in [6, 6.07) is 18.1. The summed E-state index contributed by atoms with van der Waals surface area (Å²) >= 11 is 0. The number of amides is 1. The lowest BCUT2D eigenvalue weighted by Crippen LogP contribution is -2.42. The van der Waals surface area contributed by atoms with Crippen molar-refractivity contribution in [3.8, 4) is 0 Å². The van der Waals surface area contributed by atoms with Crippen LogP contribution in [0.5, 0.6) is 0 Å². The van der Waals surface area contributed by atoms with E-state index in [2.05, 4.69) is 17.4 Å². The van der Waals surface area contributed by atoms with Crippen LogP contribution in [0, 0.1) is 5.92 Å². The summed E-state index contributed by atoms with van der Waals surface area (Å²) in [7, 11) is 0. The Kier molecular flexibility index (Phi) is 6.75. The molecule has 1 N–H and O–H groups in total. The molecule has 4 heteroatoms. The predicted octanol–water partition coefficient (Wildman–Crippen LogP) is 4.31. The van der Waals surface area contributed by atoms with E-state index < -0.39 is 6.17 Å². The van der Waals surface area contributed by atoms with Crippen LogP contribution in [0.3, 0.4) is 0 Å². The summed E-state index contributed by atoms with van der Waals surface area (Å²) in [5.74, 6) is -0.300. The Hall–Kier alpha value is -2.75. The molecule has 0 saturated carbocycles. The largest absolute Gasteiger partial charge is 0.328 e. The number of hydrogen-bond donors (Lipinski definition) is 1. The first kappa shape index (κ1) is 20.0. The molecular weight excluding hydrogens is 348 g/mol. The van der Waals surface area contributed by atoms with E-state index in [-0.39, 0.29) is 17.6 Å². The fourth-order valence-corrected chi connectivity index (χ4v) is 3.51. The third-order valence-corrected chi connectivity index (χ3v) is 5.23. The molecule has 2 atom stereocenters. The maximum Gasteiger partial charge on any atom is 0.221 e. The maximum absolute atomic E-state index is 13.1. The molecule has 0 saturated heterocycles. The van der Waals surface area contributed by atoms with E-state index >= 15 is 0 Å². The molecule has 2 aromatic rings. The molecular formula is C24H28N2O2. The number of benzene rings is 2. The highest BCUT2D eigenvalue weighted by atomic mass is 16.2. The third kappa shape index (κ3) is 4.75. The molecule has 1 aliphatic rings. The van der Waals surface area contributed by atoms with E-state index in [0.717, 1.165) is 42.5 Å². The number of carbonyl (C=O) groups is 2. The third-order valence-electron chi connectivity index (χ3n) is 5.23. The van der Waals surface area contributed by atoms with Crippen molar-refractivity contribution in [1.82, 2.24) is 5.32 Å². The SMILES string of the molecule is CCCCC(=O)N[C@@H]1/N=C(/c2ccccc2)c2ccccc2CCC(C)C1=O. The fraction of sp³-hybridized carbons (Fsp3) is 0.375. The van der Waals surface area contributed by atoms with Crippen LogP contribution in [-0.4, -0.2) is 23.6 Å². The number of Topliss-reactive ketones (excluding diaryl/α,β-unsaturated/α-hetero) is 1. The van der Waals surface area contributed by atoms with Crippen LogP contribution >= 0.6 is 0 Å². The standard InChI is InChI=1S/C24H28N2O2/c1-3-4-14-21(27)25-24-23(28)17(2)15-16-18-10-8-9-13-20(18)22(26-24)19-11-6-5-7-12-19/h5-13,17,24H,3-4,14-16H2,1-2H3,(H,25,27)/b26-22-/t17?,24-/m1/s1. The van der Waals surface area contributed by atoms with Crippen molar-refractivity contribution in [3.05, 3.63) is 71.3 Å². The molecule has 2 aromatic carbocycles. The van der Waals surface area contributed by atoms with Gasteiger partial charge in [0.2, 0.25) is 5.91 Å². The second-order valence-corrected chi connectivity index (χ2v) is 7.42. The van der Waals surface area contributed by atoms with Crippen LogP contribution in [0.1, 0.15) is 56.2 Å². The average molecular weight is 377 g/mol. The summed E-state index contributed by atoms with van der Waals surface area (Å²) < 4.78 is 0. The Morgan fingerprint density at radius 2 is 1.82 bits per heavy atom. The number of fused-ring (bicyclic) bond motifs is 1. The number of unbranched alkanes of at least 4 members (excludes halogenated alkanes) is 1. The molecule has 0 aromatic heterocycles. The van der Waals surface area contributed by atoms with Gasteiger partial charge in [0.25, 0.3) is 0 Å². The molecule has 4 nitrogen and oxygen atoms in total. The molecule has 0 radical (unpaired) electrons. The molecule has 0 spiro atoms. The topological polar surface area (TPSA) is 58.5 Å². The van der Waals surface area contributed by atoms with Gasteiger partial charge in [0.1, 0.15) is 0 Å². The van der Waals surface area contributed by atoms with Gasteiger partial charge in [-0.2, -0.15) is 0 Å². The van der Waals surface area contributed by atoms with Crippen molar-refractivity contribution in [2.45, 2.75) is 52.1 Å². The zero-order valence-corrected chi connectivity index (χ0v) is 16.7. The Morgan fingerprint density at radius 3 is 2.57 bits per heavy atom. The predicted molar refractivity (Wildman–Crippen MR) is 112 cm³/mol. The van der Waals surface area contributed by atoms with Crippen LogP contribution in [0.15, 0.2) is 59.6 Å². The Balaban J connectivity index is 2.07. The molecule has 1 unspecified atom stereocenters. The Morgan fingerprint density at radius 1 is 1.11 bits per heavy atom. The number of ketones is 1. The monoisotopic (exact) mass is 376 g/mol. The lowest BCUT2D eigenvalue weighted by Gasteiger charge is -2.18. The van der Waals surface area contributed by atoms with Gasteiger partial charge in [-0.05, 0) is 24.8 Å². The number of hydrogen-bond acceptors (Lipinski definition) is 3. The number of nitrogens with one attached hydrogen (secondary N) is 1. The second kappa shape index (κ2) is 9.45. The van der Waals surface area contributed by atoms with Crippen molar-refractivity contribution in [2.24, 2.45) is 10.9 Å². The zero-order valence-electron chi connectivity index (χ0n) is 16.7. The van der Waals surface area contributed by atoms with Gasteiger partial charge in [0.05, 0.1) is 5.71 Å². The van der Waals surface area contributed by atoms with Gasteiger partial charge in [-0.25, -0.2) is 0 Å². The lowest BCUT2D eigenvalue weighted by molar-refractivity contribution is -0.129. The van der Waals surface area contributed by atoms with E-state index in [4.69, 9.17) is 4.99 Å². The molecule has 1 amide bonds. The van der Waals surface area contributed by atoms with Crippen molar-refractivity contribution >= 4 is 17.4 Å². The van der Waals surface area contributed by atoms with Gasteiger partial charge in [-0.1, -0.05) is 74.9 Å². The lowest BCUT2D eigenvalue weighted by atomic mass is 9.92. The Bertz CT molecular complexity index is 858. The Labute approximate surface area is 167 Å². The molecule has 146 valence electrons. The molecule has 3 rings (SSSR count). The summed E-state index contributed by atoms with van der Waals surface area (Å²) in [6.07, 6.45) is 2.87.